The van der Waals surface area contributed by atoms with Crippen molar-refractivity contribution in [2.45, 2.75) is 153 Å². The number of aryl methyl sites for hydroxylation is 1. The molecule has 0 radical (unpaired) electrons. The Bertz CT molecular complexity index is 3860. The first-order valence-electron chi connectivity index (χ1n) is 32.4. The number of ether oxygens (including phenoxy) is 2. The molecule has 1 saturated heterocycles. The number of hydrogen-bond donors (Lipinski definition) is 7. The number of aromatic nitrogens is 4. The molecule has 0 spiro atoms. The molecule has 5 amide bonds. The standard InChI is InChI=1S/C72H85FN10O9S/c1-47-64(93-46-78-47)53-25-23-50(24-26-53)57(79-68(88)58-41-56(85)44-81(58)69(89)65(71(2,3)4)80-70(90)72(73)32-33-72)42-60(87)76-35-37-92-39-38-91-36-31-59(86)75-34-14-6-5-9-16-48-17-15-18-49(40-48)43-82-63(52-21-12-8-13-22-52)61(51-19-10-7-11-20-51)62-66(74)83(45-77-67(62)82)54-27-29-55(84)30-28-54/h7-8,10-13,15,17-26,40,45-46,54-58,65,74,84-85H,5-6,14,27-39,41-44H2,1-4H3,(H,75,86)(H,76,87)(H,79,88)(H,80,90)/t54?,55?,56-,57+,58+,65?/m1/s1. The van der Waals surface area contributed by atoms with E-state index in [9.17, 15) is 44.0 Å². The topological polar surface area (TPSA) is 255 Å². The van der Waals surface area contributed by atoms with E-state index in [2.05, 4.69) is 79.1 Å². The Labute approximate surface area is 546 Å². The average molecular weight is 1290 g/mol. The number of carbonyl (C=O) groups excluding carboxylic acids is 5. The van der Waals surface area contributed by atoms with Gasteiger partial charge in [0.05, 0.1) is 84.6 Å². The van der Waals surface area contributed by atoms with Crippen molar-refractivity contribution in [2.75, 3.05) is 46.1 Å². The van der Waals surface area contributed by atoms with Crippen molar-refractivity contribution in [3.05, 3.63) is 149 Å². The van der Waals surface area contributed by atoms with Crippen molar-refractivity contribution in [1.82, 2.24) is 45.3 Å². The van der Waals surface area contributed by atoms with E-state index < -0.39 is 53.0 Å². The van der Waals surface area contributed by atoms with Crippen LogP contribution in [0.2, 0.25) is 0 Å². The number of carbonyl (C=O) groups is 5. The van der Waals surface area contributed by atoms with Crippen molar-refractivity contribution >= 4 is 51.9 Å². The number of likely N-dealkylation sites (tertiary alicyclic amines) is 1. The van der Waals surface area contributed by atoms with Crippen LogP contribution in [-0.4, -0.2) is 140 Å². The monoisotopic (exact) mass is 1280 g/mol. The summed E-state index contributed by atoms with van der Waals surface area (Å²) < 4.78 is 30.4. The number of halogens is 1. The first kappa shape index (κ1) is 67.5. The minimum absolute atomic E-state index is 0.0695. The van der Waals surface area contributed by atoms with E-state index in [1.165, 1.54) is 16.2 Å². The predicted octanol–water partition coefficient (Wildman–Crippen LogP) is 9.03. The maximum atomic E-state index is 14.8. The SMILES string of the molecule is Cc1ncsc1-c1ccc([C@H](CC(=O)NCCOCCOCCC(=O)NCCCCC#Cc2cccc(Cn3c(-c4ccccc4)c(-c4ccccc4)c4c(=N)n(C5CCC(O)CC5)cnc43)c2)NC(=O)[C@@H]2C[C@@H](O)CN2C(=O)C(NC(=O)C2(F)CC2)C(C)(C)C)cc1. The quantitative estimate of drug-likeness (QED) is 0.0189. The molecule has 19 nitrogen and oxygen atoms in total. The lowest BCUT2D eigenvalue weighted by molar-refractivity contribution is -0.145. The molecule has 3 aromatic heterocycles. The zero-order valence-electron chi connectivity index (χ0n) is 53.4. The molecule has 93 heavy (non-hydrogen) atoms. The lowest BCUT2D eigenvalue weighted by atomic mass is 9.85. The van der Waals surface area contributed by atoms with Crippen molar-refractivity contribution < 1.29 is 48.0 Å². The zero-order chi connectivity index (χ0) is 65.7. The summed E-state index contributed by atoms with van der Waals surface area (Å²) in [5.74, 6) is 4.11. The fourth-order valence-corrected chi connectivity index (χ4v) is 13.1. The average Bonchev–Trinajstić information content (AvgIpc) is 1.59. The molecule has 1 unspecified atom stereocenters. The molecule has 490 valence electrons. The van der Waals surface area contributed by atoms with Gasteiger partial charge in [0, 0.05) is 62.6 Å². The molecule has 4 heterocycles. The molecular formula is C72H85FN10O9S. The van der Waals surface area contributed by atoms with Gasteiger partial charge in [-0.1, -0.05) is 130 Å². The van der Waals surface area contributed by atoms with Crippen LogP contribution in [0.25, 0.3) is 43.9 Å². The lowest BCUT2D eigenvalue weighted by Gasteiger charge is -2.36. The van der Waals surface area contributed by atoms with E-state index in [0.717, 1.165) is 86.4 Å². The van der Waals surface area contributed by atoms with Gasteiger partial charge in [0.25, 0.3) is 5.91 Å². The Morgan fingerprint density at radius 2 is 1.49 bits per heavy atom. The fourth-order valence-electron chi connectivity index (χ4n) is 12.3. The van der Waals surface area contributed by atoms with Crippen LogP contribution < -0.4 is 26.8 Å². The molecule has 2 saturated carbocycles. The van der Waals surface area contributed by atoms with Gasteiger partial charge in [-0.05, 0) is 104 Å². The number of benzene rings is 4. The largest absolute Gasteiger partial charge is 0.393 e. The molecule has 3 aliphatic rings. The number of hydrogen-bond acceptors (Lipinski definition) is 13. The Hall–Kier alpha value is -8.39. The molecule has 10 rings (SSSR count). The van der Waals surface area contributed by atoms with Crippen LogP contribution in [0.1, 0.15) is 132 Å². The number of amides is 5. The van der Waals surface area contributed by atoms with Gasteiger partial charge in [-0.25, -0.2) is 14.4 Å². The summed E-state index contributed by atoms with van der Waals surface area (Å²) >= 11 is 1.50. The highest BCUT2D eigenvalue weighted by Gasteiger charge is 2.53. The van der Waals surface area contributed by atoms with Crippen LogP contribution in [-0.2, 0) is 40.0 Å². The molecular weight excluding hydrogens is 1200 g/mol. The second kappa shape index (κ2) is 31.0. The normalized spacial score (nSPS) is 18.2. The molecule has 4 aromatic carbocycles. The van der Waals surface area contributed by atoms with Gasteiger partial charge >= 0.3 is 0 Å². The number of aliphatic hydroxyl groups excluding tert-OH is 2. The van der Waals surface area contributed by atoms with E-state index in [1.54, 1.807) is 26.3 Å². The molecule has 3 fully saturated rings. The maximum absolute atomic E-state index is 14.8. The molecule has 2 aliphatic carbocycles. The lowest BCUT2D eigenvalue weighted by Crippen LogP contribution is -2.59. The number of aliphatic hydroxyl groups is 2. The fraction of sp³-hybridized carbons (Fsp3) is 0.444. The highest BCUT2D eigenvalue weighted by Crippen LogP contribution is 2.42. The number of nitrogens with one attached hydrogen (secondary N) is 5. The zero-order valence-corrected chi connectivity index (χ0v) is 54.2. The number of fused-ring (bicyclic) bond motifs is 1. The number of β-amino-alcohol motifs (C(OH)–C–C–N with tert-alkyl or cyclic N) is 1. The third-order valence-corrected chi connectivity index (χ3v) is 18.5. The van der Waals surface area contributed by atoms with Crippen molar-refractivity contribution in [1.29, 1.82) is 5.41 Å². The summed E-state index contributed by atoms with van der Waals surface area (Å²) in [4.78, 5) is 79.0. The molecule has 7 aromatic rings. The second-order valence-corrected chi connectivity index (χ2v) is 26.5. The number of nitrogens with zero attached hydrogens (tertiary/aromatic N) is 5. The number of rotatable bonds is 27. The molecule has 0 bridgehead atoms. The van der Waals surface area contributed by atoms with Crippen LogP contribution in [0.5, 0.6) is 0 Å². The number of unbranched alkanes of at least 4 members (excludes halogenated alkanes) is 2. The van der Waals surface area contributed by atoms with Gasteiger partial charge in [-0.3, -0.25) is 29.4 Å². The van der Waals surface area contributed by atoms with Crippen LogP contribution in [0.3, 0.4) is 0 Å². The third kappa shape index (κ3) is 17.3. The van der Waals surface area contributed by atoms with E-state index in [1.807, 2.05) is 90.6 Å². The van der Waals surface area contributed by atoms with Gasteiger partial charge in [-0.2, -0.15) is 0 Å². The molecule has 7 N–H and O–H groups in total. The molecule has 1 aliphatic heterocycles. The molecule has 4 atom stereocenters. The maximum Gasteiger partial charge on any atom is 0.258 e. The van der Waals surface area contributed by atoms with Crippen molar-refractivity contribution in [3.63, 3.8) is 0 Å². The Morgan fingerprint density at radius 1 is 0.796 bits per heavy atom. The number of thiazole rings is 1. The van der Waals surface area contributed by atoms with Gasteiger partial charge in [0.2, 0.25) is 23.6 Å². The first-order valence-corrected chi connectivity index (χ1v) is 33.3. The van der Waals surface area contributed by atoms with Crippen molar-refractivity contribution in [3.8, 4) is 44.7 Å². The van der Waals surface area contributed by atoms with Gasteiger partial charge in [0.15, 0.2) is 5.67 Å². The van der Waals surface area contributed by atoms with E-state index in [0.29, 0.717) is 43.4 Å². The van der Waals surface area contributed by atoms with Crippen LogP contribution in [0, 0.1) is 29.6 Å². The van der Waals surface area contributed by atoms with Crippen molar-refractivity contribution in [2.24, 2.45) is 5.41 Å². The van der Waals surface area contributed by atoms with Gasteiger partial charge < -0.3 is 55.0 Å². The van der Waals surface area contributed by atoms with Gasteiger partial charge in [-0.15, -0.1) is 11.3 Å². The van der Waals surface area contributed by atoms with Crippen LogP contribution in [0.15, 0.2) is 121 Å². The third-order valence-electron chi connectivity index (χ3n) is 17.5. The highest BCUT2D eigenvalue weighted by atomic mass is 32.1. The summed E-state index contributed by atoms with van der Waals surface area (Å²) in [5, 5.41) is 42.9. The van der Waals surface area contributed by atoms with Gasteiger partial charge in [0.1, 0.15) is 23.2 Å². The summed E-state index contributed by atoms with van der Waals surface area (Å²) in [6.45, 7) is 9.02. The van der Waals surface area contributed by atoms with Crippen LogP contribution >= 0.6 is 11.3 Å². The second-order valence-electron chi connectivity index (χ2n) is 25.6. The van der Waals surface area contributed by atoms with E-state index >= 15 is 0 Å². The van der Waals surface area contributed by atoms with E-state index in [4.69, 9.17) is 14.5 Å². The van der Waals surface area contributed by atoms with E-state index in [-0.39, 0.29) is 95.6 Å². The minimum atomic E-state index is -2.02. The number of alkyl halides is 1. The predicted molar refractivity (Wildman–Crippen MR) is 355 cm³/mol. The summed E-state index contributed by atoms with van der Waals surface area (Å²) in [6, 6.07) is 33.2. The Morgan fingerprint density at radius 3 is 2.18 bits per heavy atom. The Kier molecular flexibility index (Phi) is 22.5. The summed E-state index contributed by atoms with van der Waals surface area (Å²) in [6.07, 6.45) is 5.82. The summed E-state index contributed by atoms with van der Waals surface area (Å²) in [7, 11) is 0. The Balaban J connectivity index is 0.647. The molecule has 21 heteroatoms. The first-order chi connectivity index (χ1) is 44.8. The highest BCUT2D eigenvalue weighted by molar-refractivity contribution is 7.13. The summed E-state index contributed by atoms with van der Waals surface area (Å²) in [5.41, 5.74) is 8.42. The van der Waals surface area contributed by atoms with Crippen LogP contribution in [0.4, 0.5) is 4.39 Å². The minimum Gasteiger partial charge on any atom is -0.393 e. The smallest absolute Gasteiger partial charge is 0.258 e.